The summed E-state index contributed by atoms with van der Waals surface area (Å²) in [7, 11) is 0. The number of hydrogen-bond acceptors (Lipinski definition) is 2. The molecule has 1 aliphatic heterocycles. The first-order valence-electron chi connectivity index (χ1n) is 5.54. The van der Waals surface area contributed by atoms with Gasteiger partial charge in [-0.3, -0.25) is 0 Å². The zero-order chi connectivity index (χ0) is 11.4. The van der Waals surface area contributed by atoms with Gasteiger partial charge < -0.3 is 10.1 Å². The third-order valence-electron chi connectivity index (χ3n) is 2.77. The molecule has 0 bridgehead atoms. The van der Waals surface area contributed by atoms with E-state index in [0.29, 0.717) is 10.9 Å². The van der Waals surface area contributed by atoms with E-state index in [1.54, 1.807) is 0 Å². The van der Waals surface area contributed by atoms with Crippen molar-refractivity contribution in [3.63, 3.8) is 0 Å². The molecule has 1 N–H and O–H groups in total. The molecule has 2 nitrogen and oxygen atoms in total. The molecule has 0 radical (unpaired) electrons. The number of rotatable bonds is 3. The fraction of sp³-hybridized carbons (Fsp3) is 0.538. The average Bonchev–Trinajstić information content (AvgIpc) is 2.32. The lowest BCUT2D eigenvalue weighted by atomic mass is 10.0. The van der Waals surface area contributed by atoms with Gasteiger partial charge in [-0.1, -0.05) is 35.0 Å². The number of piperidine rings is 1. The van der Waals surface area contributed by atoms with Crippen molar-refractivity contribution >= 4 is 27.5 Å². The number of ether oxygens (including phenoxy) is 1. The molecule has 1 aromatic rings. The highest BCUT2D eigenvalue weighted by Gasteiger charge is 2.14. The quantitative estimate of drug-likeness (QED) is 0.904. The predicted molar refractivity (Wildman–Crippen MR) is 77.0 cm³/mol. The SMILES string of the molecule is C.Clc1ccc(Br)cc1OCC1CCCNC1. The molecule has 1 aromatic carbocycles. The minimum absolute atomic E-state index is 0. The second-order valence-corrected chi connectivity index (χ2v) is 5.42. The van der Waals surface area contributed by atoms with Gasteiger partial charge in [-0.2, -0.15) is 0 Å². The van der Waals surface area contributed by atoms with E-state index in [0.717, 1.165) is 29.9 Å². The fourth-order valence-corrected chi connectivity index (χ4v) is 2.37. The molecule has 0 saturated carbocycles. The van der Waals surface area contributed by atoms with Gasteiger partial charge in [0.15, 0.2) is 0 Å². The molecule has 1 fully saturated rings. The summed E-state index contributed by atoms with van der Waals surface area (Å²) in [5.41, 5.74) is 0. The van der Waals surface area contributed by atoms with Crippen LogP contribution < -0.4 is 10.1 Å². The minimum Gasteiger partial charge on any atom is -0.492 e. The average molecular weight is 321 g/mol. The van der Waals surface area contributed by atoms with Gasteiger partial charge in [-0.25, -0.2) is 0 Å². The van der Waals surface area contributed by atoms with E-state index in [9.17, 15) is 0 Å². The van der Waals surface area contributed by atoms with E-state index in [1.807, 2.05) is 18.2 Å². The maximum atomic E-state index is 6.05. The molecule has 0 spiro atoms. The molecule has 1 saturated heterocycles. The Balaban J connectivity index is 0.00000144. The molecule has 0 aromatic heterocycles. The third kappa shape index (κ3) is 4.49. The standard InChI is InChI=1S/C12H15BrClNO.CH4/c13-10-3-4-11(14)12(6-10)16-8-9-2-1-5-15-7-9;/h3-4,6,9,15H,1-2,5,7-8H2;1H4. The zero-order valence-electron chi connectivity index (χ0n) is 9.01. The molecule has 0 amide bonds. The summed E-state index contributed by atoms with van der Waals surface area (Å²) in [6.45, 7) is 2.92. The monoisotopic (exact) mass is 319 g/mol. The van der Waals surface area contributed by atoms with Crippen LogP contribution in [-0.2, 0) is 0 Å². The van der Waals surface area contributed by atoms with Crippen LogP contribution in [0.3, 0.4) is 0 Å². The molecule has 96 valence electrons. The highest BCUT2D eigenvalue weighted by atomic mass is 79.9. The highest BCUT2D eigenvalue weighted by Crippen LogP contribution is 2.28. The van der Waals surface area contributed by atoms with Crippen LogP contribution in [0.2, 0.25) is 5.02 Å². The van der Waals surface area contributed by atoms with Gasteiger partial charge in [0.2, 0.25) is 0 Å². The first-order chi connectivity index (χ1) is 7.75. The smallest absolute Gasteiger partial charge is 0.139 e. The second-order valence-electron chi connectivity index (χ2n) is 4.10. The lowest BCUT2D eigenvalue weighted by Crippen LogP contribution is -2.33. The molecular weight excluding hydrogens is 302 g/mol. The highest BCUT2D eigenvalue weighted by molar-refractivity contribution is 9.10. The van der Waals surface area contributed by atoms with Crippen LogP contribution in [0.25, 0.3) is 0 Å². The van der Waals surface area contributed by atoms with Crippen LogP contribution in [0.4, 0.5) is 0 Å². The van der Waals surface area contributed by atoms with Crippen LogP contribution in [0.15, 0.2) is 22.7 Å². The molecule has 1 heterocycles. The van der Waals surface area contributed by atoms with Gasteiger partial charge in [0.25, 0.3) is 0 Å². The third-order valence-corrected chi connectivity index (χ3v) is 3.57. The molecule has 0 aliphatic carbocycles. The van der Waals surface area contributed by atoms with E-state index >= 15 is 0 Å². The molecule has 4 heteroatoms. The summed E-state index contributed by atoms with van der Waals surface area (Å²) >= 11 is 9.46. The second kappa shape index (κ2) is 7.24. The van der Waals surface area contributed by atoms with Crippen LogP contribution >= 0.6 is 27.5 Å². The Morgan fingerprint density at radius 3 is 3.00 bits per heavy atom. The van der Waals surface area contributed by atoms with Crippen molar-refractivity contribution in [3.05, 3.63) is 27.7 Å². The van der Waals surface area contributed by atoms with E-state index in [4.69, 9.17) is 16.3 Å². The number of halogens is 2. The number of hydrogen-bond donors (Lipinski definition) is 1. The molecule has 1 atom stereocenters. The number of nitrogens with one attached hydrogen (secondary N) is 1. The first kappa shape index (κ1) is 14.8. The molecular formula is C13H19BrClNO. The Labute approximate surface area is 117 Å². The number of benzene rings is 1. The van der Waals surface area contributed by atoms with Crippen LogP contribution in [0, 0.1) is 5.92 Å². The van der Waals surface area contributed by atoms with Crippen molar-refractivity contribution in [1.82, 2.24) is 5.32 Å². The Bertz CT molecular complexity index is 353. The maximum absolute atomic E-state index is 6.05. The lowest BCUT2D eigenvalue weighted by Gasteiger charge is -2.23. The van der Waals surface area contributed by atoms with Crippen LogP contribution in [0.5, 0.6) is 5.75 Å². The first-order valence-corrected chi connectivity index (χ1v) is 6.71. The fourth-order valence-electron chi connectivity index (χ4n) is 1.86. The Kier molecular flexibility index (Phi) is 6.31. The van der Waals surface area contributed by atoms with Gasteiger partial charge in [-0.05, 0) is 37.6 Å². The summed E-state index contributed by atoms with van der Waals surface area (Å²) in [6, 6.07) is 5.68. The molecule has 2 rings (SSSR count). The van der Waals surface area contributed by atoms with Crippen molar-refractivity contribution in [2.24, 2.45) is 5.92 Å². The summed E-state index contributed by atoms with van der Waals surface area (Å²) < 4.78 is 6.75. The Morgan fingerprint density at radius 2 is 2.29 bits per heavy atom. The van der Waals surface area contributed by atoms with E-state index in [2.05, 4.69) is 21.2 Å². The van der Waals surface area contributed by atoms with Crippen LogP contribution in [-0.4, -0.2) is 19.7 Å². The topological polar surface area (TPSA) is 21.3 Å². The van der Waals surface area contributed by atoms with Gasteiger partial charge in [0.1, 0.15) is 5.75 Å². The molecule has 1 aliphatic rings. The van der Waals surface area contributed by atoms with Gasteiger partial charge >= 0.3 is 0 Å². The van der Waals surface area contributed by atoms with E-state index in [1.165, 1.54) is 12.8 Å². The van der Waals surface area contributed by atoms with Crippen molar-refractivity contribution in [2.75, 3.05) is 19.7 Å². The summed E-state index contributed by atoms with van der Waals surface area (Å²) in [4.78, 5) is 0. The Hall–Kier alpha value is -0.250. The lowest BCUT2D eigenvalue weighted by molar-refractivity contribution is 0.218. The summed E-state index contributed by atoms with van der Waals surface area (Å²) in [6.07, 6.45) is 2.47. The van der Waals surface area contributed by atoms with Gasteiger partial charge in [-0.15, -0.1) is 0 Å². The van der Waals surface area contributed by atoms with E-state index < -0.39 is 0 Å². The van der Waals surface area contributed by atoms with Crippen LogP contribution in [0.1, 0.15) is 20.3 Å². The molecule has 1 unspecified atom stereocenters. The van der Waals surface area contributed by atoms with Crippen molar-refractivity contribution in [1.29, 1.82) is 0 Å². The summed E-state index contributed by atoms with van der Waals surface area (Å²) in [5, 5.41) is 4.05. The Morgan fingerprint density at radius 1 is 1.47 bits per heavy atom. The predicted octanol–water partition coefficient (Wildman–Crippen LogP) is 4.12. The summed E-state index contributed by atoms with van der Waals surface area (Å²) in [5.74, 6) is 1.37. The minimum atomic E-state index is 0. The maximum Gasteiger partial charge on any atom is 0.139 e. The largest absolute Gasteiger partial charge is 0.492 e. The molecule has 17 heavy (non-hydrogen) atoms. The van der Waals surface area contributed by atoms with Crippen molar-refractivity contribution in [3.8, 4) is 5.75 Å². The van der Waals surface area contributed by atoms with Crippen molar-refractivity contribution < 1.29 is 4.74 Å². The van der Waals surface area contributed by atoms with Gasteiger partial charge in [0, 0.05) is 16.9 Å². The van der Waals surface area contributed by atoms with E-state index in [-0.39, 0.29) is 7.43 Å². The van der Waals surface area contributed by atoms with Gasteiger partial charge in [0.05, 0.1) is 11.6 Å². The van der Waals surface area contributed by atoms with Crippen molar-refractivity contribution in [2.45, 2.75) is 20.3 Å². The normalized spacial score (nSPS) is 19.5. The zero-order valence-corrected chi connectivity index (χ0v) is 11.4.